The molecule has 0 aliphatic heterocycles. The van der Waals surface area contributed by atoms with Gasteiger partial charge in [0.25, 0.3) is 0 Å². The molecule has 1 nitrogen and oxygen atoms in total. The van der Waals surface area contributed by atoms with Gasteiger partial charge in [0.05, 0.1) is 10.7 Å². The van der Waals surface area contributed by atoms with Crippen LogP contribution in [0.1, 0.15) is 31.3 Å². The Labute approximate surface area is 76.6 Å². The van der Waals surface area contributed by atoms with Crippen LogP contribution in [0.3, 0.4) is 0 Å². The first-order chi connectivity index (χ1) is 4.93. The van der Waals surface area contributed by atoms with Crippen molar-refractivity contribution in [1.29, 1.82) is 0 Å². The number of aromatic nitrogens is 1. The highest BCUT2D eigenvalue weighted by Gasteiger charge is 2.21. The number of halogens is 1. The lowest BCUT2D eigenvalue weighted by atomic mass is 9.92. The van der Waals surface area contributed by atoms with Crippen LogP contribution < -0.4 is 0 Å². The molecule has 1 aromatic heterocycles. The summed E-state index contributed by atoms with van der Waals surface area (Å²) in [4.78, 5) is 1.11. The van der Waals surface area contributed by atoms with Crippen molar-refractivity contribution < 1.29 is 0 Å². The first kappa shape index (κ1) is 9.01. The molecule has 1 heterocycles. The van der Waals surface area contributed by atoms with E-state index in [-0.39, 0.29) is 5.41 Å². The van der Waals surface area contributed by atoms with Crippen molar-refractivity contribution in [1.82, 2.24) is 4.37 Å². The number of hydrogen-bond acceptors (Lipinski definition) is 2. The minimum atomic E-state index is 0.0713. The first-order valence-corrected chi connectivity index (χ1v) is 4.70. The molecule has 0 N–H and O–H groups in total. The van der Waals surface area contributed by atoms with Crippen molar-refractivity contribution in [3.63, 3.8) is 0 Å². The quantitative estimate of drug-likeness (QED) is 0.610. The standard InChI is InChI=1S/C8H12ClNS/c1-5-6(9)7(10-11-5)8(2,3)4/h1-4H3. The second-order valence-corrected chi connectivity index (χ2v) is 5.01. The van der Waals surface area contributed by atoms with Gasteiger partial charge < -0.3 is 0 Å². The van der Waals surface area contributed by atoms with Crippen LogP contribution in [-0.2, 0) is 5.41 Å². The Bertz CT molecular complexity index is 260. The monoisotopic (exact) mass is 189 g/mol. The summed E-state index contributed by atoms with van der Waals surface area (Å²) in [7, 11) is 0. The second-order valence-electron chi connectivity index (χ2n) is 3.65. The summed E-state index contributed by atoms with van der Waals surface area (Å²) in [6.07, 6.45) is 0. The van der Waals surface area contributed by atoms with Crippen molar-refractivity contribution in [2.45, 2.75) is 33.1 Å². The molecule has 11 heavy (non-hydrogen) atoms. The lowest BCUT2D eigenvalue weighted by Gasteiger charge is -2.15. The predicted octanol–water partition coefficient (Wildman–Crippen LogP) is 3.40. The van der Waals surface area contributed by atoms with Gasteiger partial charge in [0.2, 0.25) is 0 Å². The third kappa shape index (κ3) is 1.74. The normalized spacial score (nSPS) is 12.1. The van der Waals surface area contributed by atoms with Crippen molar-refractivity contribution >= 4 is 23.1 Å². The molecular weight excluding hydrogens is 178 g/mol. The molecule has 1 aromatic rings. The van der Waals surface area contributed by atoms with E-state index >= 15 is 0 Å². The third-order valence-corrected chi connectivity index (χ3v) is 2.83. The van der Waals surface area contributed by atoms with Crippen LogP contribution in [0.4, 0.5) is 0 Å². The maximum Gasteiger partial charge on any atom is 0.0784 e. The summed E-state index contributed by atoms with van der Waals surface area (Å²) in [6, 6.07) is 0. The fraction of sp³-hybridized carbons (Fsp3) is 0.625. The van der Waals surface area contributed by atoms with E-state index < -0.39 is 0 Å². The van der Waals surface area contributed by atoms with Crippen LogP contribution >= 0.6 is 23.1 Å². The Balaban J connectivity index is 3.15. The Hall–Kier alpha value is -0.0800. The van der Waals surface area contributed by atoms with E-state index in [4.69, 9.17) is 11.6 Å². The van der Waals surface area contributed by atoms with E-state index in [1.165, 1.54) is 11.5 Å². The molecule has 3 heteroatoms. The summed E-state index contributed by atoms with van der Waals surface area (Å²) in [6.45, 7) is 8.35. The van der Waals surface area contributed by atoms with Gasteiger partial charge in [0, 0.05) is 10.3 Å². The fourth-order valence-electron chi connectivity index (χ4n) is 0.827. The van der Waals surface area contributed by atoms with Crippen LogP contribution in [0.5, 0.6) is 0 Å². The second kappa shape index (κ2) is 2.76. The van der Waals surface area contributed by atoms with E-state index in [2.05, 4.69) is 25.1 Å². The molecule has 0 saturated heterocycles. The molecule has 1 rings (SSSR count). The van der Waals surface area contributed by atoms with E-state index in [1.54, 1.807) is 0 Å². The van der Waals surface area contributed by atoms with Gasteiger partial charge in [-0.25, -0.2) is 0 Å². The molecule has 0 spiro atoms. The molecule has 0 atom stereocenters. The van der Waals surface area contributed by atoms with Crippen molar-refractivity contribution in [3.05, 3.63) is 15.6 Å². The highest BCUT2D eigenvalue weighted by molar-refractivity contribution is 7.06. The number of aryl methyl sites for hydroxylation is 1. The van der Waals surface area contributed by atoms with Crippen molar-refractivity contribution in [2.24, 2.45) is 0 Å². The zero-order valence-corrected chi connectivity index (χ0v) is 8.81. The van der Waals surface area contributed by atoms with Crippen LogP contribution in [-0.4, -0.2) is 4.37 Å². The molecule has 0 aliphatic carbocycles. The Morgan fingerprint density at radius 3 is 2.09 bits per heavy atom. The summed E-state index contributed by atoms with van der Waals surface area (Å²) in [5.41, 5.74) is 1.09. The van der Waals surface area contributed by atoms with Gasteiger partial charge in [-0.15, -0.1) is 0 Å². The average molecular weight is 190 g/mol. The highest BCUT2D eigenvalue weighted by atomic mass is 35.5. The van der Waals surface area contributed by atoms with Crippen LogP contribution in [0.15, 0.2) is 0 Å². The Morgan fingerprint density at radius 2 is 1.91 bits per heavy atom. The predicted molar refractivity (Wildman–Crippen MR) is 50.6 cm³/mol. The largest absolute Gasteiger partial charge is 0.195 e. The molecular formula is C8H12ClNS. The molecule has 0 unspecified atom stereocenters. The van der Waals surface area contributed by atoms with Gasteiger partial charge in [-0.3, -0.25) is 0 Å². The van der Waals surface area contributed by atoms with Gasteiger partial charge in [-0.05, 0) is 18.5 Å². The summed E-state index contributed by atoms with van der Waals surface area (Å²) in [5, 5.41) is 0.836. The maximum atomic E-state index is 6.04. The van der Waals surface area contributed by atoms with Crippen LogP contribution in [0, 0.1) is 6.92 Å². The molecule has 0 fully saturated rings. The molecule has 0 amide bonds. The topological polar surface area (TPSA) is 12.9 Å². The molecule has 62 valence electrons. The number of nitrogens with zero attached hydrogens (tertiary/aromatic N) is 1. The molecule has 0 radical (unpaired) electrons. The van der Waals surface area contributed by atoms with E-state index in [9.17, 15) is 0 Å². The SMILES string of the molecule is Cc1snc(C(C)(C)C)c1Cl. The Morgan fingerprint density at radius 1 is 1.36 bits per heavy atom. The minimum absolute atomic E-state index is 0.0713. The zero-order valence-electron chi connectivity index (χ0n) is 7.23. The van der Waals surface area contributed by atoms with Gasteiger partial charge in [-0.2, -0.15) is 4.37 Å². The number of hydrogen-bond donors (Lipinski definition) is 0. The highest BCUT2D eigenvalue weighted by Crippen LogP contribution is 2.32. The third-order valence-electron chi connectivity index (χ3n) is 1.50. The zero-order chi connectivity index (χ0) is 8.65. The molecule has 0 bridgehead atoms. The average Bonchev–Trinajstić information content (AvgIpc) is 2.11. The molecule has 0 aliphatic rings. The van der Waals surface area contributed by atoms with Crippen LogP contribution in [0.2, 0.25) is 5.02 Å². The lowest BCUT2D eigenvalue weighted by Crippen LogP contribution is -2.11. The molecule has 0 saturated carbocycles. The fourth-order valence-corrected chi connectivity index (χ4v) is 2.08. The first-order valence-electron chi connectivity index (χ1n) is 3.55. The van der Waals surface area contributed by atoms with Gasteiger partial charge in [-0.1, -0.05) is 32.4 Å². The Kier molecular flexibility index (Phi) is 2.26. The maximum absolute atomic E-state index is 6.04. The van der Waals surface area contributed by atoms with E-state index in [0.717, 1.165) is 15.6 Å². The smallest absolute Gasteiger partial charge is 0.0784 e. The molecule has 0 aromatic carbocycles. The van der Waals surface area contributed by atoms with Crippen LogP contribution in [0.25, 0.3) is 0 Å². The minimum Gasteiger partial charge on any atom is -0.195 e. The van der Waals surface area contributed by atoms with Crippen molar-refractivity contribution in [2.75, 3.05) is 0 Å². The lowest BCUT2D eigenvalue weighted by molar-refractivity contribution is 0.576. The van der Waals surface area contributed by atoms with E-state index in [1.807, 2.05) is 6.92 Å². The number of rotatable bonds is 0. The summed E-state index contributed by atoms with van der Waals surface area (Å²) < 4.78 is 4.30. The summed E-state index contributed by atoms with van der Waals surface area (Å²) >= 11 is 7.52. The van der Waals surface area contributed by atoms with Crippen molar-refractivity contribution in [3.8, 4) is 0 Å². The summed E-state index contributed by atoms with van der Waals surface area (Å²) in [5.74, 6) is 0. The van der Waals surface area contributed by atoms with Gasteiger partial charge >= 0.3 is 0 Å². The van der Waals surface area contributed by atoms with Gasteiger partial charge in [0.1, 0.15) is 0 Å². The van der Waals surface area contributed by atoms with E-state index in [0.29, 0.717) is 0 Å². The van der Waals surface area contributed by atoms with Gasteiger partial charge in [0.15, 0.2) is 0 Å².